The van der Waals surface area contributed by atoms with Crippen LogP contribution in [0.2, 0.25) is 0 Å². The normalized spacial score (nSPS) is 11.2. The van der Waals surface area contributed by atoms with E-state index in [0.717, 1.165) is 35.0 Å². The van der Waals surface area contributed by atoms with Crippen LogP contribution in [-0.2, 0) is 13.7 Å². The number of aliphatic hydroxyl groups excluding tert-OH is 1. The Bertz CT molecular complexity index is 614. The van der Waals surface area contributed by atoms with Crippen LogP contribution in [-0.4, -0.2) is 20.4 Å². The van der Waals surface area contributed by atoms with Gasteiger partial charge in [-0.1, -0.05) is 13.3 Å². The SMILES string of the molecule is CCCCC(=O)c1cc2nc(CO)n(C)c2cc1C. The zero-order valence-corrected chi connectivity index (χ0v) is 11.7. The Kier molecular flexibility index (Phi) is 4.00. The zero-order chi connectivity index (χ0) is 14.0. The van der Waals surface area contributed by atoms with Gasteiger partial charge in [-0.3, -0.25) is 4.79 Å². The number of hydrogen-bond donors (Lipinski definition) is 1. The van der Waals surface area contributed by atoms with Crippen molar-refractivity contribution in [2.24, 2.45) is 7.05 Å². The van der Waals surface area contributed by atoms with Gasteiger partial charge in [0, 0.05) is 19.0 Å². The van der Waals surface area contributed by atoms with Crippen molar-refractivity contribution >= 4 is 16.8 Å². The second-order valence-electron chi connectivity index (χ2n) is 4.93. The lowest BCUT2D eigenvalue weighted by atomic mass is 10.00. The summed E-state index contributed by atoms with van der Waals surface area (Å²) in [6.07, 6.45) is 2.52. The fourth-order valence-electron chi connectivity index (χ4n) is 2.31. The molecule has 102 valence electrons. The number of aliphatic hydroxyl groups is 1. The number of aryl methyl sites for hydroxylation is 2. The molecule has 0 fully saturated rings. The molecular weight excluding hydrogens is 240 g/mol. The van der Waals surface area contributed by atoms with Crippen LogP contribution in [0, 0.1) is 6.92 Å². The summed E-state index contributed by atoms with van der Waals surface area (Å²) >= 11 is 0. The van der Waals surface area contributed by atoms with Crippen LogP contribution in [0.25, 0.3) is 11.0 Å². The Balaban J connectivity index is 2.47. The van der Waals surface area contributed by atoms with Gasteiger partial charge in [-0.2, -0.15) is 0 Å². The minimum Gasteiger partial charge on any atom is -0.388 e. The molecule has 0 spiro atoms. The molecule has 0 saturated carbocycles. The molecule has 0 aliphatic heterocycles. The quantitative estimate of drug-likeness (QED) is 0.841. The third-order valence-corrected chi connectivity index (χ3v) is 3.52. The van der Waals surface area contributed by atoms with Gasteiger partial charge in [-0.15, -0.1) is 0 Å². The van der Waals surface area contributed by atoms with Gasteiger partial charge in [-0.05, 0) is 31.0 Å². The predicted molar refractivity (Wildman–Crippen MR) is 75.2 cm³/mol. The summed E-state index contributed by atoms with van der Waals surface area (Å²) in [4.78, 5) is 16.5. The molecule has 2 rings (SSSR count). The summed E-state index contributed by atoms with van der Waals surface area (Å²) in [6.45, 7) is 3.93. The highest BCUT2D eigenvalue weighted by molar-refractivity contribution is 6.00. The molecule has 0 atom stereocenters. The van der Waals surface area contributed by atoms with E-state index in [9.17, 15) is 9.90 Å². The van der Waals surface area contributed by atoms with Crippen molar-refractivity contribution in [2.75, 3.05) is 0 Å². The van der Waals surface area contributed by atoms with E-state index in [1.165, 1.54) is 0 Å². The number of aromatic nitrogens is 2. The molecule has 1 aromatic heterocycles. The molecule has 1 aromatic carbocycles. The summed E-state index contributed by atoms with van der Waals surface area (Å²) in [7, 11) is 1.87. The molecule has 4 heteroatoms. The van der Waals surface area contributed by atoms with Crippen molar-refractivity contribution < 1.29 is 9.90 Å². The standard InChI is InChI=1S/C15H20N2O2/c1-4-5-6-14(19)11-8-12-13(7-10(11)2)17(3)15(9-18)16-12/h7-8,18H,4-6,9H2,1-3H3. The number of benzene rings is 1. The maximum Gasteiger partial charge on any atom is 0.163 e. The largest absolute Gasteiger partial charge is 0.388 e. The smallest absolute Gasteiger partial charge is 0.163 e. The molecule has 2 aromatic rings. The molecule has 1 heterocycles. The number of Topliss-reactive ketones (excluding diaryl/α,β-unsaturated/α-hetero) is 1. The lowest BCUT2D eigenvalue weighted by Crippen LogP contribution is -2.02. The van der Waals surface area contributed by atoms with Crippen molar-refractivity contribution in [3.05, 3.63) is 29.1 Å². The first-order valence-corrected chi connectivity index (χ1v) is 6.68. The molecule has 1 N–H and O–H groups in total. The third-order valence-electron chi connectivity index (χ3n) is 3.52. The van der Waals surface area contributed by atoms with Crippen molar-refractivity contribution in [1.29, 1.82) is 0 Å². The maximum atomic E-state index is 12.1. The van der Waals surface area contributed by atoms with E-state index < -0.39 is 0 Å². The van der Waals surface area contributed by atoms with Crippen LogP contribution < -0.4 is 0 Å². The second kappa shape index (κ2) is 5.53. The summed E-state index contributed by atoms with van der Waals surface area (Å²) in [5.41, 5.74) is 3.45. The van der Waals surface area contributed by atoms with Crippen LogP contribution in [0.3, 0.4) is 0 Å². The molecule has 0 unspecified atom stereocenters. The minimum atomic E-state index is -0.0939. The summed E-state index contributed by atoms with van der Waals surface area (Å²) in [6, 6.07) is 3.82. The van der Waals surface area contributed by atoms with Crippen LogP contribution in [0.5, 0.6) is 0 Å². The van der Waals surface area contributed by atoms with Gasteiger partial charge >= 0.3 is 0 Å². The molecule has 19 heavy (non-hydrogen) atoms. The van der Waals surface area contributed by atoms with E-state index in [2.05, 4.69) is 11.9 Å². The van der Waals surface area contributed by atoms with Crippen LogP contribution in [0.1, 0.15) is 47.9 Å². The Morgan fingerprint density at radius 2 is 2.16 bits per heavy atom. The molecule has 0 aliphatic carbocycles. The van der Waals surface area contributed by atoms with Gasteiger partial charge in [0.15, 0.2) is 5.78 Å². The van der Waals surface area contributed by atoms with E-state index >= 15 is 0 Å². The van der Waals surface area contributed by atoms with Crippen LogP contribution in [0.4, 0.5) is 0 Å². The molecule has 0 saturated heterocycles. The molecular formula is C15H20N2O2. The number of carbonyl (C=O) groups excluding carboxylic acids is 1. The summed E-state index contributed by atoms with van der Waals surface area (Å²) in [5, 5.41) is 9.23. The first-order chi connectivity index (χ1) is 9.08. The zero-order valence-electron chi connectivity index (χ0n) is 11.7. The van der Waals surface area contributed by atoms with Gasteiger partial charge in [0.1, 0.15) is 12.4 Å². The lowest BCUT2D eigenvalue weighted by molar-refractivity contribution is 0.0979. The fourth-order valence-corrected chi connectivity index (χ4v) is 2.31. The maximum absolute atomic E-state index is 12.1. The monoisotopic (exact) mass is 260 g/mol. The Labute approximate surface area is 113 Å². The number of ketones is 1. The average molecular weight is 260 g/mol. The van der Waals surface area contributed by atoms with Gasteiger partial charge in [-0.25, -0.2) is 4.98 Å². The van der Waals surface area contributed by atoms with Crippen molar-refractivity contribution in [3.63, 3.8) is 0 Å². The molecule has 0 amide bonds. The number of rotatable bonds is 5. The lowest BCUT2D eigenvalue weighted by Gasteiger charge is -2.05. The van der Waals surface area contributed by atoms with Gasteiger partial charge in [0.2, 0.25) is 0 Å². The highest BCUT2D eigenvalue weighted by atomic mass is 16.3. The van der Waals surface area contributed by atoms with Crippen molar-refractivity contribution in [3.8, 4) is 0 Å². The Morgan fingerprint density at radius 3 is 2.79 bits per heavy atom. The first-order valence-electron chi connectivity index (χ1n) is 6.68. The van der Waals surface area contributed by atoms with E-state index in [-0.39, 0.29) is 12.4 Å². The van der Waals surface area contributed by atoms with E-state index in [0.29, 0.717) is 12.2 Å². The fraction of sp³-hybridized carbons (Fsp3) is 0.467. The summed E-state index contributed by atoms with van der Waals surface area (Å²) in [5.74, 6) is 0.796. The van der Waals surface area contributed by atoms with Crippen molar-refractivity contribution in [2.45, 2.75) is 39.7 Å². The molecule has 0 radical (unpaired) electrons. The van der Waals surface area contributed by atoms with Crippen LogP contribution >= 0.6 is 0 Å². The number of nitrogens with zero attached hydrogens (tertiary/aromatic N) is 2. The Morgan fingerprint density at radius 1 is 1.42 bits per heavy atom. The van der Waals surface area contributed by atoms with E-state index in [1.54, 1.807) is 0 Å². The predicted octanol–water partition coefficient (Wildman–Crippen LogP) is 2.75. The molecule has 4 nitrogen and oxygen atoms in total. The number of carbonyl (C=O) groups is 1. The number of unbranched alkanes of at least 4 members (excludes halogenated alkanes) is 1. The van der Waals surface area contributed by atoms with Gasteiger partial charge in [0.25, 0.3) is 0 Å². The highest BCUT2D eigenvalue weighted by Gasteiger charge is 2.13. The topological polar surface area (TPSA) is 55.1 Å². The van der Waals surface area contributed by atoms with E-state index in [1.807, 2.05) is 30.7 Å². The summed E-state index contributed by atoms with van der Waals surface area (Å²) < 4.78 is 1.86. The highest BCUT2D eigenvalue weighted by Crippen LogP contribution is 2.22. The molecule has 0 bridgehead atoms. The van der Waals surface area contributed by atoms with Crippen molar-refractivity contribution in [1.82, 2.24) is 9.55 Å². The Hall–Kier alpha value is -1.68. The van der Waals surface area contributed by atoms with Gasteiger partial charge < -0.3 is 9.67 Å². The van der Waals surface area contributed by atoms with Gasteiger partial charge in [0.05, 0.1) is 11.0 Å². The number of fused-ring (bicyclic) bond motifs is 1. The van der Waals surface area contributed by atoms with Crippen LogP contribution in [0.15, 0.2) is 12.1 Å². The molecule has 0 aliphatic rings. The number of hydrogen-bond acceptors (Lipinski definition) is 3. The second-order valence-corrected chi connectivity index (χ2v) is 4.93. The first kappa shape index (κ1) is 13.7. The average Bonchev–Trinajstić information content (AvgIpc) is 2.71. The van der Waals surface area contributed by atoms with E-state index in [4.69, 9.17) is 0 Å². The third kappa shape index (κ3) is 2.54. The number of imidazole rings is 1. The minimum absolute atomic E-state index is 0.0939.